The number of amides is 1. The van der Waals surface area contributed by atoms with Gasteiger partial charge in [-0.15, -0.1) is 11.3 Å². The highest BCUT2D eigenvalue weighted by Gasteiger charge is 2.14. The number of carbonyl (C=O) groups excluding carboxylic acids is 1. The van der Waals surface area contributed by atoms with Crippen LogP contribution in [0.25, 0.3) is 0 Å². The minimum absolute atomic E-state index is 0.0564. The zero-order valence-electron chi connectivity index (χ0n) is 8.87. The second kappa shape index (κ2) is 6.23. The number of aromatic nitrogens is 1. The van der Waals surface area contributed by atoms with Gasteiger partial charge in [0.05, 0.1) is 9.83 Å². The third-order valence-electron chi connectivity index (χ3n) is 2.10. The lowest BCUT2D eigenvalue weighted by Gasteiger charge is -2.12. The molecule has 0 fully saturated rings. The van der Waals surface area contributed by atoms with Crippen molar-refractivity contribution in [2.45, 2.75) is 31.0 Å². The SMILES string of the molecule is CCC(Br)C(=O)NCC(C)c1nccs1. The van der Waals surface area contributed by atoms with Gasteiger partial charge in [-0.3, -0.25) is 4.79 Å². The first-order chi connectivity index (χ1) is 7.15. The number of rotatable bonds is 5. The zero-order chi connectivity index (χ0) is 11.3. The molecule has 1 amide bonds. The number of carbonyl (C=O) groups is 1. The quantitative estimate of drug-likeness (QED) is 0.847. The molecule has 1 N–H and O–H groups in total. The fourth-order valence-corrected chi connectivity index (χ4v) is 1.98. The summed E-state index contributed by atoms with van der Waals surface area (Å²) in [6, 6.07) is 0. The van der Waals surface area contributed by atoms with Gasteiger partial charge in [-0.1, -0.05) is 29.8 Å². The van der Waals surface area contributed by atoms with E-state index in [1.165, 1.54) is 0 Å². The van der Waals surface area contributed by atoms with Crippen molar-refractivity contribution in [3.63, 3.8) is 0 Å². The summed E-state index contributed by atoms with van der Waals surface area (Å²) in [5.41, 5.74) is 0. The molecule has 0 radical (unpaired) electrons. The molecule has 1 rings (SSSR count). The first kappa shape index (κ1) is 12.6. The molecule has 0 spiro atoms. The first-order valence-corrected chi connectivity index (χ1v) is 6.75. The smallest absolute Gasteiger partial charge is 0.233 e. The summed E-state index contributed by atoms with van der Waals surface area (Å²) in [5, 5.41) is 5.92. The minimum Gasteiger partial charge on any atom is -0.354 e. The minimum atomic E-state index is -0.0824. The van der Waals surface area contributed by atoms with Gasteiger partial charge in [0, 0.05) is 24.0 Å². The Morgan fingerprint density at radius 3 is 3.00 bits per heavy atom. The highest BCUT2D eigenvalue weighted by atomic mass is 79.9. The average Bonchev–Trinajstić information content (AvgIpc) is 2.77. The van der Waals surface area contributed by atoms with Crippen LogP contribution < -0.4 is 5.32 Å². The maximum atomic E-state index is 11.5. The Kier molecular flexibility index (Phi) is 5.25. The van der Waals surface area contributed by atoms with E-state index >= 15 is 0 Å². The molecule has 1 aromatic heterocycles. The zero-order valence-corrected chi connectivity index (χ0v) is 11.3. The third kappa shape index (κ3) is 3.91. The van der Waals surface area contributed by atoms with Gasteiger partial charge in [-0.2, -0.15) is 0 Å². The Labute approximate surface area is 102 Å². The molecule has 3 nitrogen and oxygen atoms in total. The van der Waals surface area contributed by atoms with Crippen LogP contribution in [0.15, 0.2) is 11.6 Å². The first-order valence-electron chi connectivity index (χ1n) is 4.96. The summed E-state index contributed by atoms with van der Waals surface area (Å²) >= 11 is 4.94. The maximum absolute atomic E-state index is 11.5. The molecule has 1 aromatic rings. The largest absolute Gasteiger partial charge is 0.354 e. The second-order valence-corrected chi connectivity index (χ2v) is 5.42. The monoisotopic (exact) mass is 290 g/mol. The molecular weight excluding hydrogens is 276 g/mol. The van der Waals surface area contributed by atoms with Gasteiger partial charge in [0.1, 0.15) is 0 Å². The van der Waals surface area contributed by atoms with Crippen LogP contribution in [0.4, 0.5) is 0 Å². The van der Waals surface area contributed by atoms with Gasteiger partial charge in [0.15, 0.2) is 0 Å². The van der Waals surface area contributed by atoms with Gasteiger partial charge < -0.3 is 5.32 Å². The van der Waals surface area contributed by atoms with Crippen molar-refractivity contribution in [2.24, 2.45) is 0 Å². The van der Waals surface area contributed by atoms with Crippen molar-refractivity contribution >= 4 is 33.2 Å². The topological polar surface area (TPSA) is 42.0 Å². The van der Waals surface area contributed by atoms with Crippen LogP contribution in [0.5, 0.6) is 0 Å². The Bertz CT molecular complexity index is 302. The Morgan fingerprint density at radius 1 is 1.73 bits per heavy atom. The van der Waals surface area contributed by atoms with Crippen LogP contribution in [0.2, 0.25) is 0 Å². The molecule has 0 saturated carbocycles. The molecule has 0 aliphatic rings. The molecule has 5 heteroatoms. The van der Waals surface area contributed by atoms with E-state index in [0.29, 0.717) is 6.54 Å². The normalized spacial score (nSPS) is 14.6. The molecule has 1 heterocycles. The summed E-state index contributed by atoms with van der Waals surface area (Å²) in [5.74, 6) is 0.339. The van der Waals surface area contributed by atoms with Gasteiger partial charge >= 0.3 is 0 Å². The van der Waals surface area contributed by atoms with E-state index in [1.807, 2.05) is 12.3 Å². The molecule has 0 aliphatic carbocycles. The van der Waals surface area contributed by atoms with Gasteiger partial charge in [0.25, 0.3) is 0 Å². The number of halogens is 1. The van der Waals surface area contributed by atoms with Crippen molar-refractivity contribution in [2.75, 3.05) is 6.54 Å². The predicted octanol–water partition coefficient (Wildman–Crippen LogP) is 2.54. The summed E-state index contributed by atoms with van der Waals surface area (Å²) in [4.78, 5) is 15.6. The fourth-order valence-electron chi connectivity index (χ4n) is 1.11. The van der Waals surface area contributed by atoms with Gasteiger partial charge in [-0.05, 0) is 6.42 Å². The van der Waals surface area contributed by atoms with Gasteiger partial charge in [0.2, 0.25) is 5.91 Å². The number of alkyl halides is 1. The van der Waals surface area contributed by atoms with E-state index in [4.69, 9.17) is 0 Å². The van der Waals surface area contributed by atoms with Crippen molar-refractivity contribution in [3.05, 3.63) is 16.6 Å². The fraction of sp³-hybridized carbons (Fsp3) is 0.600. The van der Waals surface area contributed by atoms with Crippen LogP contribution in [0.3, 0.4) is 0 Å². The number of thiazole rings is 1. The van der Waals surface area contributed by atoms with Crippen molar-refractivity contribution < 1.29 is 4.79 Å². The van der Waals surface area contributed by atoms with Crippen LogP contribution >= 0.6 is 27.3 Å². The third-order valence-corrected chi connectivity index (χ3v) is 4.17. The molecule has 0 saturated heterocycles. The number of nitrogens with zero attached hydrogens (tertiary/aromatic N) is 1. The molecule has 0 aliphatic heterocycles. The molecule has 0 aromatic carbocycles. The molecule has 15 heavy (non-hydrogen) atoms. The van der Waals surface area contributed by atoms with Crippen molar-refractivity contribution in [3.8, 4) is 0 Å². The van der Waals surface area contributed by atoms with Crippen LogP contribution in [-0.4, -0.2) is 22.3 Å². The molecule has 2 unspecified atom stereocenters. The highest BCUT2D eigenvalue weighted by molar-refractivity contribution is 9.10. The molecular formula is C10H15BrN2OS. The number of hydrogen-bond donors (Lipinski definition) is 1. The number of hydrogen-bond acceptors (Lipinski definition) is 3. The summed E-state index contributed by atoms with van der Waals surface area (Å²) in [6.07, 6.45) is 2.59. The lowest BCUT2D eigenvalue weighted by molar-refractivity contribution is -0.120. The van der Waals surface area contributed by atoms with Gasteiger partial charge in [-0.25, -0.2) is 4.98 Å². The molecule has 0 bridgehead atoms. The van der Waals surface area contributed by atoms with Crippen molar-refractivity contribution in [1.29, 1.82) is 0 Å². The van der Waals surface area contributed by atoms with Crippen LogP contribution in [-0.2, 0) is 4.79 Å². The molecule has 84 valence electrons. The predicted molar refractivity (Wildman–Crippen MR) is 66.5 cm³/mol. The summed E-state index contributed by atoms with van der Waals surface area (Å²) in [6.45, 7) is 4.69. The summed E-state index contributed by atoms with van der Waals surface area (Å²) in [7, 11) is 0. The Hall–Kier alpha value is -0.420. The van der Waals surface area contributed by atoms with E-state index in [2.05, 4.69) is 33.2 Å². The lowest BCUT2D eigenvalue weighted by atomic mass is 10.2. The standard InChI is InChI=1S/C10H15BrN2OS/c1-3-8(11)9(14)13-6-7(2)10-12-4-5-15-10/h4-5,7-8H,3,6H2,1-2H3,(H,13,14). The highest BCUT2D eigenvalue weighted by Crippen LogP contribution is 2.16. The van der Waals surface area contributed by atoms with E-state index in [-0.39, 0.29) is 16.7 Å². The number of nitrogens with one attached hydrogen (secondary N) is 1. The van der Waals surface area contributed by atoms with E-state index in [0.717, 1.165) is 11.4 Å². The van der Waals surface area contributed by atoms with E-state index < -0.39 is 0 Å². The average molecular weight is 291 g/mol. The van der Waals surface area contributed by atoms with Crippen LogP contribution in [0.1, 0.15) is 31.2 Å². The van der Waals surface area contributed by atoms with E-state index in [9.17, 15) is 4.79 Å². The van der Waals surface area contributed by atoms with E-state index in [1.54, 1.807) is 17.5 Å². The molecule has 2 atom stereocenters. The lowest BCUT2D eigenvalue weighted by Crippen LogP contribution is -2.33. The summed E-state index contributed by atoms with van der Waals surface area (Å²) < 4.78 is 0. The second-order valence-electron chi connectivity index (χ2n) is 3.39. The van der Waals surface area contributed by atoms with Crippen molar-refractivity contribution in [1.82, 2.24) is 10.3 Å². The Morgan fingerprint density at radius 2 is 2.47 bits per heavy atom. The van der Waals surface area contributed by atoms with Crippen LogP contribution in [0, 0.1) is 0 Å². The Balaban J connectivity index is 2.34. The maximum Gasteiger partial charge on any atom is 0.233 e.